The molecule has 1 aliphatic carbocycles. The molecular formula is C27H34N6O3. The molecule has 1 atom stereocenters. The molecule has 2 aromatic carbocycles. The van der Waals surface area contributed by atoms with Crippen molar-refractivity contribution in [2.75, 3.05) is 68.1 Å². The number of nitrogens with zero attached hydrogens (tertiary/aromatic N) is 4. The number of ether oxygens (including phenoxy) is 1. The Bertz CT molecular complexity index is 1260. The molecular weight excluding hydrogens is 456 g/mol. The van der Waals surface area contributed by atoms with E-state index >= 15 is 0 Å². The molecule has 1 saturated heterocycles. The van der Waals surface area contributed by atoms with E-state index in [1.165, 1.54) is 12.8 Å². The first-order valence-corrected chi connectivity index (χ1v) is 13.0. The number of aliphatic hydroxyl groups is 1. The van der Waals surface area contributed by atoms with Crippen molar-refractivity contribution in [3.8, 4) is 11.4 Å². The molecule has 3 aliphatic rings. The number of hydrogen-bond donors (Lipinski definition) is 3. The van der Waals surface area contributed by atoms with Crippen LogP contribution < -0.4 is 15.5 Å². The molecule has 3 aromatic rings. The topological polar surface area (TPSA) is 94.9 Å². The van der Waals surface area contributed by atoms with Crippen LogP contribution in [0.1, 0.15) is 25.8 Å². The molecule has 1 amide bonds. The van der Waals surface area contributed by atoms with Gasteiger partial charge < -0.3 is 29.9 Å². The molecule has 1 aromatic heterocycles. The fourth-order valence-corrected chi connectivity index (χ4v) is 5.20. The maximum Gasteiger partial charge on any atom is 0.247 e. The average Bonchev–Trinajstić information content (AvgIpc) is 3.65. The standard InChI is InChI=1S/C27H34N6O3/c1-18-27(35)30-23-6-4-20(28-19-2-3-19)16-22(23)26-29-24-17-21(5-7-25(24)33(18)26)32-10-8-31(9-11-32)12-14-36-15-13-34/h4-7,16-19,28,34H,2-3,8-15H2,1H3,(H,30,35). The SMILES string of the molecule is CC1C(=O)Nc2ccc(NC3CC3)cc2-c2nc3cc(N4CCN(CCOCCO)CC4)ccc3n21. The number of imidazole rings is 1. The number of benzene rings is 2. The molecule has 2 aliphatic heterocycles. The van der Waals surface area contributed by atoms with Crippen LogP contribution in [0.4, 0.5) is 17.1 Å². The van der Waals surface area contributed by atoms with Crippen molar-refractivity contribution in [3.63, 3.8) is 0 Å². The Labute approximate surface area is 211 Å². The van der Waals surface area contributed by atoms with Crippen LogP contribution in [0.15, 0.2) is 36.4 Å². The highest BCUT2D eigenvalue weighted by Gasteiger charge is 2.29. The van der Waals surface area contributed by atoms with Gasteiger partial charge in [0.1, 0.15) is 11.9 Å². The summed E-state index contributed by atoms with van der Waals surface area (Å²) < 4.78 is 7.49. The zero-order chi connectivity index (χ0) is 24.6. The van der Waals surface area contributed by atoms with E-state index in [2.05, 4.69) is 49.3 Å². The smallest absolute Gasteiger partial charge is 0.247 e. The van der Waals surface area contributed by atoms with Gasteiger partial charge in [-0.05, 0) is 56.2 Å². The van der Waals surface area contributed by atoms with Gasteiger partial charge in [0.25, 0.3) is 0 Å². The number of carbonyl (C=O) groups is 1. The van der Waals surface area contributed by atoms with Crippen LogP contribution in [0.25, 0.3) is 22.4 Å². The van der Waals surface area contributed by atoms with E-state index in [1.807, 2.05) is 19.1 Å². The Morgan fingerprint density at radius 1 is 1.11 bits per heavy atom. The lowest BCUT2D eigenvalue weighted by Gasteiger charge is -2.36. The summed E-state index contributed by atoms with van der Waals surface area (Å²) in [6.07, 6.45) is 2.41. The van der Waals surface area contributed by atoms with Gasteiger partial charge in [0.05, 0.1) is 36.5 Å². The van der Waals surface area contributed by atoms with Crippen LogP contribution in [0.2, 0.25) is 0 Å². The minimum absolute atomic E-state index is 0.0274. The van der Waals surface area contributed by atoms with Crippen molar-refractivity contribution in [3.05, 3.63) is 36.4 Å². The summed E-state index contributed by atoms with van der Waals surface area (Å²) in [6, 6.07) is 12.8. The molecule has 9 heteroatoms. The minimum atomic E-state index is -0.361. The average molecular weight is 491 g/mol. The van der Waals surface area contributed by atoms with E-state index in [-0.39, 0.29) is 18.6 Å². The first kappa shape index (κ1) is 23.3. The monoisotopic (exact) mass is 490 g/mol. The molecule has 2 fully saturated rings. The highest BCUT2D eigenvalue weighted by Crippen LogP contribution is 2.39. The Hall–Kier alpha value is -3.14. The van der Waals surface area contributed by atoms with Gasteiger partial charge in [0.2, 0.25) is 5.91 Å². The predicted octanol–water partition coefficient (Wildman–Crippen LogP) is 2.92. The van der Waals surface area contributed by atoms with Gasteiger partial charge in [0.15, 0.2) is 0 Å². The number of aliphatic hydroxyl groups excluding tert-OH is 1. The Kier molecular flexibility index (Phi) is 6.29. The fraction of sp³-hybridized carbons (Fsp3) is 0.481. The maximum absolute atomic E-state index is 13.0. The van der Waals surface area contributed by atoms with Gasteiger partial charge in [-0.25, -0.2) is 4.98 Å². The molecule has 1 saturated carbocycles. The highest BCUT2D eigenvalue weighted by atomic mass is 16.5. The summed E-state index contributed by atoms with van der Waals surface area (Å²) in [6.45, 7) is 7.78. The third-order valence-corrected chi connectivity index (χ3v) is 7.43. The van der Waals surface area contributed by atoms with Gasteiger partial charge >= 0.3 is 0 Å². The van der Waals surface area contributed by atoms with Crippen LogP contribution in [0.3, 0.4) is 0 Å². The summed E-state index contributed by atoms with van der Waals surface area (Å²) in [5, 5.41) is 15.5. The number of piperazine rings is 1. The highest BCUT2D eigenvalue weighted by molar-refractivity contribution is 6.02. The third-order valence-electron chi connectivity index (χ3n) is 7.43. The second-order valence-corrected chi connectivity index (χ2v) is 9.99. The summed E-state index contributed by atoms with van der Waals surface area (Å²) in [7, 11) is 0. The Morgan fingerprint density at radius 3 is 2.72 bits per heavy atom. The molecule has 36 heavy (non-hydrogen) atoms. The molecule has 6 rings (SSSR count). The summed E-state index contributed by atoms with van der Waals surface area (Å²) in [4.78, 5) is 22.9. The fourth-order valence-electron chi connectivity index (χ4n) is 5.20. The lowest BCUT2D eigenvalue weighted by molar-refractivity contribution is -0.118. The number of hydrogen-bond acceptors (Lipinski definition) is 7. The van der Waals surface area contributed by atoms with Crippen molar-refractivity contribution >= 4 is 34.0 Å². The van der Waals surface area contributed by atoms with E-state index in [1.54, 1.807) is 0 Å². The minimum Gasteiger partial charge on any atom is -0.394 e. The van der Waals surface area contributed by atoms with Gasteiger partial charge in [-0.3, -0.25) is 9.69 Å². The molecule has 1 unspecified atom stereocenters. The summed E-state index contributed by atoms with van der Waals surface area (Å²) in [5.74, 6) is 0.801. The number of amides is 1. The normalized spacial score (nSPS) is 20.1. The Balaban J connectivity index is 1.27. The van der Waals surface area contributed by atoms with Gasteiger partial charge in [-0.1, -0.05) is 0 Å². The van der Waals surface area contributed by atoms with Gasteiger partial charge in [-0.15, -0.1) is 0 Å². The second kappa shape index (κ2) is 9.72. The van der Waals surface area contributed by atoms with Gasteiger partial charge in [0, 0.05) is 55.7 Å². The van der Waals surface area contributed by atoms with Gasteiger partial charge in [-0.2, -0.15) is 0 Å². The number of aromatic nitrogens is 2. The number of anilines is 3. The third kappa shape index (κ3) is 4.54. The zero-order valence-electron chi connectivity index (χ0n) is 20.7. The van der Waals surface area contributed by atoms with Crippen LogP contribution in [0, 0.1) is 0 Å². The summed E-state index contributed by atoms with van der Waals surface area (Å²) >= 11 is 0. The number of nitrogens with one attached hydrogen (secondary N) is 2. The quantitative estimate of drug-likeness (QED) is 0.418. The molecule has 0 spiro atoms. The van der Waals surface area contributed by atoms with Crippen LogP contribution >= 0.6 is 0 Å². The Morgan fingerprint density at radius 2 is 1.94 bits per heavy atom. The van der Waals surface area contributed by atoms with Crippen molar-refractivity contribution in [1.82, 2.24) is 14.5 Å². The maximum atomic E-state index is 13.0. The number of carbonyl (C=O) groups excluding carboxylic acids is 1. The van der Waals surface area contributed by atoms with Crippen LogP contribution in [-0.4, -0.2) is 84.1 Å². The molecule has 190 valence electrons. The molecule has 0 radical (unpaired) electrons. The van der Waals surface area contributed by atoms with Crippen LogP contribution in [0.5, 0.6) is 0 Å². The van der Waals surface area contributed by atoms with E-state index in [9.17, 15) is 4.79 Å². The van der Waals surface area contributed by atoms with Crippen molar-refractivity contribution in [2.45, 2.75) is 31.8 Å². The molecule has 0 bridgehead atoms. The first-order valence-electron chi connectivity index (χ1n) is 13.0. The number of fused-ring (bicyclic) bond motifs is 5. The predicted molar refractivity (Wildman–Crippen MR) is 142 cm³/mol. The second-order valence-electron chi connectivity index (χ2n) is 9.99. The van der Waals surface area contributed by atoms with E-state index in [4.69, 9.17) is 14.8 Å². The lowest BCUT2D eigenvalue weighted by atomic mass is 10.1. The molecule has 9 nitrogen and oxygen atoms in total. The molecule has 3 N–H and O–H groups in total. The zero-order valence-corrected chi connectivity index (χ0v) is 20.7. The van der Waals surface area contributed by atoms with E-state index < -0.39 is 0 Å². The van der Waals surface area contributed by atoms with Crippen molar-refractivity contribution < 1.29 is 14.6 Å². The largest absolute Gasteiger partial charge is 0.394 e. The number of rotatable bonds is 8. The van der Waals surface area contributed by atoms with Crippen molar-refractivity contribution in [2.24, 2.45) is 0 Å². The van der Waals surface area contributed by atoms with E-state index in [0.717, 1.165) is 72.2 Å². The summed E-state index contributed by atoms with van der Waals surface area (Å²) in [5.41, 5.74) is 5.88. The van der Waals surface area contributed by atoms with Crippen molar-refractivity contribution in [1.29, 1.82) is 0 Å². The lowest BCUT2D eigenvalue weighted by Crippen LogP contribution is -2.47. The van der Waals surface area contributed by atoms with Crippen LogP contribution in [-0.2, 0) is 9.53 Å². The van der Waals surface area contributed by atoms with E-state index in [0.29, 0.717) is 19.3 Å². The first-order chi connectivity index (χ1) is 17.6. The molecule has 3 heterocycles.